The van der Waals surface area contributed by atoms with Crippen molar-refractivity contribution in [2.24, 2.45) is 11.8 Å². The van der Waals surface area contributed by atoms with E-state index in [0.717, 1.165) is 38.5 Å². The monoisotopic (exact) mass is 450 g/mol. The highest BCUT2D eigenvalue weighted by molar-refractivity contribution is 7.30. The molecular weight excluding hydrogens is 415 g/mol. The maximum absolute atomic E-state index is 13.9. The molecule has 2 rings (SSSR count). The van der Waals surface area contributed by atoms with Crippen molar-refractivity contribution in [1.29, 1.82) is 0 Å². The topological polar surface area (TPSA) is 78.9 Å². The van der Waals surface area contributed by atoms with Gasteiger partial charge in [-0.2, -0.15) is 0 Å². The van der Waals surface area contributed by atoms with Crippen molar-refractivity contribution in [3.8, 4) is 11.5 Å². The average Bonchev–Trinajstić information content (AvgIpc) is 3.34. The normalized spacial score (nSPS) is 17.2. The molecule has 31 heavy (non-hydrogen) atoms. The summed E-state index contributed by atoms with van der Waals surface area (Å²) in [5.74, 6) is -0.808. The van der Waals surface area contributed by atoms with Crippen LogP contribution < -0.4 is 9.47 Å². The van der Waals surface area contributed by atoms with E-state index in [1.165, 1.54) is 14.2 Å². The Bertz CT molecular complexity index is 736. The van der Waals surface area contributed by atoms with Crippen molar-refractivity contribution in [3.05, 3.63) is 23.8 Å². The molecule has 1 aliphatic rings. The molecule has 172 valence electrons. The first-order valence-electron chi connectivity index (χ1n) is 11.3. The van der Waals surface area contributed by atoms with Crippen LogP contribution in [0.2, 0.25) is 0 Å². The van der Waals surface area contributed by atoms with Gasteiger partial charge in [0.2, 0.25) is 5.16 Å². The number of benzene rings is 1. The summed E-state index contributed by atoms with van der Waals surface area (Å²) in [6.07, 6.45) is 7.05. The van der Waals surface area contributed by atoms with Crippen LogP contribution in [0.1, 0.15) is 75.6 Å². The number of esters is 1. The molecule has 0 amide bonds. The molecule has 1 aromatic rings. The minimum Gasteiger partial charge on any atom is -0.496 e. The van der Waals surface area contributed by atoms with E-state index in [9.17, 15) is 14.2 Å². The number of carbonyl (C=O) groups is 2. The zero-order chi connectivity index (χ0) is 22.9. The average molecular weight is 451 g/mol. The first-order chi connectivity index (χ1) is 15.0. The van der Waals surface area contributed by atoms with Crippen LogP contribution in [0.4, 0.5) is 0 Å². The second kappa shape index (κ2) is 12.2. The van der Waals surface area contributed by atoms with Gasteiger partial charge in [0.15, 0.2) is 14.2 Å². The van der Waals surface area contributed by atoms with E-state index in [-0.39, 0.29) is 35.5 Å². The van der Waals surface area contributed by atoms with Gasteiger partial charge < -0.3 is 14.2 Å². The van der Waals surface area contributed by atoms with Gasteiger partial charge in [0.1, 0.15) is 17.1 Å². The van der Waals surface area contributed by atoms with Crippen LogP contribution in [0.3, 0.4) is 0 Å². The van der Waals surface area contributed by atoms with E-state index in [2.05, 4.69) is 13.8 Å². The molecule has 2 atom stereocenters. The van der Waals surface area contributed by atoms with Gasteiger partial charge in [0, 0.05) is 0 Å². The molecular formula is C24H35O6P. The number of ketones is 1. The number of hydrogen-bond donors (Lipinski definition) is 0. The molecule has 0 heterocycles. The van der Waals surface area contributed by atoms with Crippen LogP contribution in [0.15, 0.2) is 18.2 Å². The number of Topliss-reactive ketones (excluding diaryl/α,β-unsaturated/α-hetero) is 1. The molecule has 0 saturated heterocycles. The van der Waals surface area contributed by atoms with Crippen molar-refractivity contribution in [2.45, 2.75) is 70.4 Å². The number of carbonyl (C=O) groups excluding carboxylic acids is 2. The Morgan fingerprint density at radius 1 is 1.13 bits per heavy atom. The fourth-order valence-electron chi connectivity index (χ4n) is 4.41. The van der Waals surface area contributed by atoms with E-state index in [0.29, 0.717) is 12.8 Å². The summed E-state index contributed by atoms with van der Waals surface area (Å²) in [4.78, 5) is 27.4. The molecule has 0 radical (unpaired) electrons. The molecule has 6 nitrogen and oxygen atoms in total. The lowest BCUT2D eigenvalue weighted by Crippen LogP contribution is -2.49. The predicted octanol–water partition coefficient (Wildman–Crippen LogP) is 5.87. The fraction of sp³-hybridized carbons (Fsp3) is 0.667. The summed E-state index contributed by atoms with van der Waals surface area (Å²) in [6, 6.07) is 4.98. The second-order valence-electron chi connectivity index (χ2n) is 8.22. The lowest BCUT2D eigenvalue weighted by Gasteiger charge is -2.31. The van der Waals surface area contributed by atoms with Crippen molar-refractivity contribution >= 4 is 20.2 Å². The lowest BCUT2D eigenvalue weighted by molar-refractivity contribution is -0.148. The Kier molecular flexibility index (Phi) is 9.95. The van der Waals surface area contributed by atoms with Crippen molar-refractivity contribution in [3.63, 3.8) is 0 Å². The standard InChI is InChI=1S/C24H35O6P/c1-5-7-11-17(6-2)16-30-23(26)24(31-27,18-12-8-9-13-18)22(25)21-19(28-3)14-10-15-20(21)29-4/h10,14-15,17-18H,5-9,11-13,16H2,1-4H3. The van der Waals surface area contributed by atoms with Crippen LogP contribution in [-0.2, 0) is 14.1 Å². The number of hydrogen-bond acceptors (Lipinski definition) is 6. The van der Waals surface area contributed by atoms with Gasteiger partial charge in [0.25, 0.3) is 0 Å². The summed E-state index contributed by atoms with van der Waals surface area (Å²) in [5.41, 5.74) is 0.137. The number of unbranched alkanes of at least 4 members (excludes halogenated alkanes) is 1. The number of rotatable bonds is 13. The van der Waals surface area contributed by atoms with E-state index in [1.54, 1.807) is 18.2 Å². The van der Waals surface area contributed by atoms with Crippen LogP contribution in [0, 0.1) is 11.8 Å². The maximum atomic E-state index is 13.9. The first-order valence-corrected chi connectivity index (χ1v) is 12.1. The van der Waals surface area contributed by atoms with Gasteiger partial charge >= 0.3 is 5.97 Å². The fourth-order valence-corrected chi connectivity index (χ4v) is 5.15. The molecule has 0 bridgehead atoms. The Hall–Kier alpha value is -1.94. The molecule has 7 heteroatoms. The van der Waals surface area contributed by atoms with Gasteiger partial charge in [-0.15, -0.1) is 0 Å². The van der Waals surface area contributed by atoms with Gasteiger partial charge in [-0.1, -0.05) is 52.0 Å². The van der Waals surface area contributed by atoms with Crippen molar-refractivity contribution < 1.29 is 28.4 Å². The quantitative estimate of drug-likeness (QED) is 0.162. The molecule has 1 aromatic carbocycles. The molecule has 1 fully saturated rings. The molecule has 2 unspecified atom stereocenters. The highest BCUT2D eigenvalue weighted by Crippen LogP contribution is 2.47. The lowest BCUT2D eigenvalue weighted by atomic mass is 9.82. The maximum Gasteiger partial charge on any atom is 0.332 e. The van der Waals surface area contributed by atoms with Gasteiger partial charge in [-0.05, 0) is 43.2 Å². The molecule has 1 aliphatic carbocycles. The second-order valence-corrected chi connectivity index (χ2v) is 9.11. The Balaban J connectivity index is 2.44. The zero-order valence-corrected chi connectivity index (χ0v) is 20.0. The van der Waals surface area contributed by atoms with Gasteiger partial charge in [-0.25, -0.2) is 0 Å². The predicted molar refractivity (Wildman–Crippen MR) is 120 cm³/mol. The summed E-state index contributed by atoms with van der Waals surface area (Å²) in [7, 11) is 2.36. The SMILES string of the molecule is CCCCC(CC)COC(=O)C(P=O)(C(=O)c1c(OC)cccc1OC)C1CCCC1. The molecule has 0 aliphatic heterocycles. The molecule has 0 aromatic heterocycles. The smallest absolute Gasteiger partial charge is 0.332 e. The van der Waals surface area contributed by atoms with Crippen molar-refractivity contribution in [2.75, 3.05) is 20.8 Å². The highest BCUT2D eigenvalue weighted by atomic mass is 31.1. The van der Waals surface area contributed by atoms with Crippen molar-refractivity contribution in [1.82, 2.24) is 0 Å². The summed E-state index contributed by atoms with van der Waals surface area (Å²) in [6.45, 7) is 4.42. The van der Waals surface area contributed by atoms with Gasteiger partial charge in [-0.3, -0.25) is 14.2 Å². The van der Waals surface area contributed by atoms with Gasteiger partial charge in [0.05, 0.1) is 20.8 Å². The summed E-state index contributed by atoms with van der Waals surface area (Å²) >= 11 is 0. The molecule has 1 saturated carbocycles. The summed E-state index contributed by atoms with van der Waals surface area (Å²) < 4.78 is 29.1. The highest BCUT2D eigenvalue weighted by Gasteiger charge is 2.57. The number of methoxy groups -OCH3 is 2. The third-order valence-corrected chi connectivity index (χ3v) is 7.43. The number of ether oxygens (including phenoxy) is 3. The van der Waals surface area contributed by atoms with E-state index >= 15 is 0 Å². The van der Waals surface area contributed by atoms with Crippen LogP contribution in [0.5, 0.6) is 11.5 Å². The molecule has 0 N–H and O–H groups in total. The summed E-state index contributed by atoms with van der Waals surface area (Å²) in [5, 5.41) is -1.79. The zero-order valence-electron chi connectivity index (χ0n) is 19.1. The van der Waals surface area contributed by atoms with Crippen LogP contribution in [0.25, 0.3) is 0 Å². The Morgan fingerprint density at radius 2 is 1.74 bits per heavy atom. The van der Waals surface area contributed by atoms with E-state index in [4.69, 9.17) is 14.2 Å². The minimum atomic E-state index is -1.79. The van der Waals surface area contributed by atoms with E-state index in [1.807, 2.05) is 0 Å². The third kappa shape index (κ3) is 5.46. The largest absolute Gasteiger partial charge is 0.496 e. The third-order valence-electron chi connectivity index (χ3n) is 6.40. The Labute approximate surface area is 187 Å². The molecule has 0 spiro atoms. The van der Waals surface area contributed by atoms with Crippen LogP contribution >= 0.6 is 8.46 Å². The van der Waals surface area contributed by atoms with Crippen LogP contribution in [-0.4, -0.2) is 37.7 Å². The Morgan fingerprint density at radius 3 is 2.23 bits per heavy atom. The first kappa shape index (κ1) is 25.3. The minimum absolute atomic E-state index is 0.137. The van der Waals surface area contributed by atoms with E-state index < -0.39 is 25.4 Å².